The quantitative estimate of drug-likeness (QED) is 0.845. The smallest absolute Gasteiger partial charge is 0.263 e. The maximum Gasteiger partial charge on any atom is 0.263 e. The molecule has 2 rings (SSSR count). The summed E-state index contributed by atoms with van der Waals surface area (Å²) in [7, 11) is -3.60. The first-order chi connectivity index (χ1) is 8.38. The van der Waals surface area contributed by atoms with E-state index in [2.05, 4.69) is 9.71 Å². The van der Waals surface area contributed by atoms with Gasteiger partial charge in [-0.1, -0.05) is 0 Å². The molecule has 0 atom stereocenters. The standard InChI is InChI=1S/C11H13N3O2S2/c1-7-5-9(3-4-10(7)12)18(15,16)14-11-13-6-8(2)17-11/h3-6H,12H2,1-2H3,(H,13,14). The Labute approximate surface area is 110 Å². The molecule has 0 spiro atoms. The van der Waals surface area contributed by atoms with Crippen molar-refractivity contribution in [1.82, 2.24) is 4.98 Å². The van der Waals surface area contributed by atoms with Crippen LogP contribution in [-0.2, 0) is 10.0 Å². The number of hydrogen-bond acceptors (Lipinski definition) is 5. The van der Waals surface area contributed by atoms with E-state index in [0.717, 1.165) is 10.4 Å². The number of hydrogen-bond donors (Lipinski definition) is 2. The molecule has 18 heavy (non-hydrogen) atoms. The third-order valence-electron chi connectivity index (χ3n) is 2.39. The van der Waals surface area contributed by atoms with E-state index in [4.69, 9.17) is 5.73 Å². The van der Waals surface area contributed by atoms with Crippen molar-refractivity contribution < 1.29 is 8.42 Å². The number of rotatable bonds is 3. The van der Waals surface area contributed by atoms with Gasteiger partial charge in [0.05, 0.1) is 4.90 Å². The van der Waals surface area contributed by atoms with E-state index in [-0.39, 0.29) is 4.90 Å². The number of nitrogens with two attached hydrogens (primary N) is 1. The number of aromatic nitrogens is 1. The maximum atomic E-state index is 12.1. The van der Waals surface area contributed by atoms with E-state index >= 15 is 0 Å². The summed E-state index contributed by atoms with van der Waals surface area (Å²) in [5.74, 6) is 0. The average Bonchev–Trinajstić information content (AvgIpc) is 2.67. The van der Waals surface area contributed by atoms with Gasteiger partial charge in [-0.3, -0.25) is 4.72 Å². The van der Waals surface area contributed by atoms with Crippen molar-refractivity contribution in [2.45, 2.75) is 18.7 Å². The summed E-state index contributed by atoms with van der Waals surface area (Å²) < 4.78 is 26.6. The van der Waals surface area contributed by atoms with Crippen LogP contribution in [0.25, 0.3) is 0 Å². The summed E-state index contributed by atoms with van der Waals surface area (Å²) in [5.41, 5.74) is 6.96. The highest BCUT2D eigenvalue weighted by atomic mass is 32.2. The summed E-state index contributed by atoms with van der Waals surface area (Å²) in [6.07, 6.45) is 1.62. The second-order valence-electron chi connectivity index (χ2n) is 3.90. The number of anilines is 2. The Hall–Kier alpha value is -1.60. The zero-order valence-corrected chi connectivity index (χ0v) is 11.6. The number of sulfonamides is 1. The summed E-state index contributed by atoms with van der Waals surface area (Å²) in [6.45, 7) is 3.63. The molecule has 0 fully saturated rings. The van der Waals surface area contributed by atoms with Gasteiger partial charge in [-0.15, -0.1) is 11.3 Å². The molecule has 5 nitrogen and oxygen atoms in total. The number of nitrogen functional groups attached to an aromatic ring is 1. The molecule has 3 N–H and O–H groups in total. The Balaban J connectivity index is 2.33. The molecule has 1 aromatic heterocycles. The van der Waals surface area contributed by atoms with Crippen LogP contribution in [0.3, 0.4) is 0 Å². The van der Waals surface area contributed by atoms with Crippen molar-refractivity contribution in [3.05, 3.63) is 34.8 Å². The van der Waals surface area contributed by atoms with Crippen LogP contribution in [0.2, 0.25) is 0 Å². The number of aryl methyl sites for hydroxylation is 2. The number of nitrogens with zero attached hydrogens (tertiary/aromatic N) is 1. The minimum Gasteiger partial charge on any atom is -0.399 e. The predicted molar refractivity (Wildman–Crippen MR) is 73.3 cm³/mol. The lowest BCUT2D eigenvalue weighted by atomic mass is 10.2. The lowest BCUT2D eigenvalue weighted by Crippen LogP contribution is -2.13. The predicted octanol–water partition coefficient (Wildman–Crippen LogP) is 2.14. The molecule has 96 valence electrons. The summed E-state index contributed by atoms with van der Waals surface area (Å²) in [5, 5.41) is 0.363. The summed E-state index contributed by atoms with van der Waals surface area (Å²) in [6, 6.07) is 4.60. The van der Waals surface area contributed by atoms with Crippen LogP contribution in [0.15, 0.2) is 29.3 Å². The minimum absolute atomic E-state index is 0.182. The first-order valence-corrected chi connectivity index (χ1v) is 7.50. The molecule has 0 radical (unpaired) electrons. The topological polar surface area (TPSA) is 85.1 Å². The van der Waals surface area contributed by atoms with Gasteiger partial charge in [0.1, 0.15) is 0 Å². The second-order valence-corrected chi connectivity index (χ2v) is 6.82. The fourth-order valence-corrected chi connectivity index (χ4v) is 3.38. The Morgan fingerprint density at radius 1 is 1.33 bits per heavy atom. The lowest BCUT2D eigenvalue weighted by molar-refractivity contribution is 0.601. The number of benzene rings is 1. The molecule has 0 saturated heterocycles. The molecule has 1 heterocycles. The van der Waals surface area contributed by atoms with Crippen molar-refractivity contribution in [2.75, 3.05) is 10.5 Å². The first kappa shape index (κ1) is 12.8. The summed E-state index contributed by atoms with van der Waals surface area (Å²) in [4.78, 5) is 5.10. The van der Waals surface area contributed by atoms with Crippen LogP contribution in [0.5, 0.6) is 0 Å². The van der Waals surface area contributed by atoms with Crippen LogP contribution in [-0.4, -0.2) is 13.4 Å². The van der Waals surface area contributed by atoms with Crippen molar-refractivity contribution in [1.29, 1.82) is 0 Å². The fourth-order valence-electron chi connectivity index (χ4n) is 1.39. The van der Waals surface area contributed by atoms with Crippen LogP contribution in [0.1, 0.15) is 10.4 Å². The van der Waals surface area contributed by atoms with Crippen molar-refractivity contribution in [3.63, 3.8) is 0 Å². The second kappa shape index (κ2) is 4.58. The third kappa shape index (κ3) is 2.62. The highest BCUT2D eigenvalue weighted by Gasteiger charge is 2.16. The van der Waals surface area contributed by atoms with Gasteiger partial charge in [0.15, 0.2) is 5.13 Å². The van der Waals surface area contributed by atoms with Gasteiger partial charge < -0.3 is 5.73 Å². The fraction of sp³-hybridized carbons (Fsp3) is 0.182. The van der Waals surface area contributed by atoms with Gasteiger partial charge in [0.2, 0.25) is 0 Å². The van der Waals surface area contributed by atoms with Gasteiger partial charge in [-0.05, 0) is 37.6 Å². The molecule has 0 bridgehead atoms. The molecule has 0 unspecified atom stereocenters. The Kier molecular flexibility index (Phi) is 3.27. The number of thiazole rings is 1. The molecular formula is C11H13N3O2S2. The molecule has 7 heteroatoms. The van der Waals surface area contributed by atoms with Gasteiger partial charge in [0.25, 0.3) is 10.0 Å². The average molecular weight is 283 g/mol. The SMILES string of the molecule is Cc1cnc(NS(=O)(=O)c2ccc(N)c(C)c2)s1. The minimum atomic E-state index is -3.60. The first-order valence-electron chi connectivity index (χ1n) is 5.20. The Morgan fingerprint density at radius 3 is 2.61 bits per heavy atom. The van der Waals surface area contributed by atoms with Gasteiger partial charge in [-0.2, -0.15) is 0 Å². The molecule has 0 aliphatic rings. The van der Waals surface area contributed by atoms with E-state index in [9.17, 15) is 8.42 Å². The number of nitrogens with one attached hydrogen (secondary N) is 1. The molecule has 1 aromatic carbocycles. The van der Waals surface area contributed by atoms with Crippen LogP contribution in [0, 0.1) is 13.8 Å². The third-order valence-corrected chi connectivity index (χ3v) is 4.69. The van der Waals surface area contributed by atoms with Gasteiger partial charge >= 0.3 is 0 Å². The Morgan fingerprint density at radius 2 is 2.06 bits per heavy atom. The zero-order valence-electron chi connectivity index (χ0n) is 9.97. The molecule has 0 saturated carbocycles. The van der Waals surface area contributed by atoms with Crippen LogP contribution in [0.4, 0.5) is 10.8 Å². The van der Waals surface area contributed by atoms with Crippen molar-refractivity contribution in [3.8, 4) is 0 Å². The highest BCUT2D eigenvalue weighted by Crippen LogP contribution is 2.22. The largest absolute Gasteiger partial charge is 0.399 e. The van der Waals surface area contributed by atoms with Crippen molar-refractivity contribution in [2.24, 2.45) is 0 Å². The normalized spacial score (nSPS) is 11.4. The van der Waals surface area contributed by atoms with E-state index in [1.807, 2.05) is 6.92 Å². The molecule has 0 amide bonds. The lowest BCUT2D eigenvalue weighted by Gasteiger charge is -2.07. The zero-order chi connectivity index (χ0) is 13.3. The van der Waals surface area contributed by atoms with E-state index in [1.54, 1.807) is 19.2 Å². The molecular weight excluding hydrogens is 270 g/mol. The van der Waals surface area contributed by atoms with E-state index in [1.165, 1.54) is 23.5 Å². The highest BCUT2D eigenvalue weighted by molar-refractivity contribution is 7.93. The Bertz CT molecular complexity index is 677. The molecule has 0 aliphatic carbocycles. The van der Waals surface area contributed by atoms with Crippen molar-refractivity contribution >= 4 is 32.2 Å². The van der Waals surface area contributed by atoms with Crippen LogP contribution >= 0.6 is 11.3 Å². The maximum absolute atomic E-state index is 12.1. The molecule has 0 aliphatic heterocycles. The molecule has 2 aromatic rings. The van der Waals surface area contributed by atoms with Gasteiger partial charge in [-0.25, -0.2) is 13.4 Å². The van der Waals surface area contributed by atoms with E-state index < -0.39 is 10.0 Å². The van der Waals surface area contributed by atoms with Crippen LogP contribution < -0.4 is 10.5 Å². The monoisotopic (exact) mass is 283 g/mol. The van der Waals surface area contributed by atoms with Gasteiger partial charge in [0, 0.05) is 16.8 Å². The summed E-state index contributed by atoms with van der Waals surface area (Å²) >= 11 is 1.29. The van der Waals surface area contributed by atoms with E-state index in [0.29, 0.717) is 10.8 Å².